The van der Waals surface area contributed by atoms with Crippen LogP contribution in [0.1, 0.15) is 34.6 Å². The van der Waals surface area contributed by atoms with E-state index in [4.69, 9.17) is 0 Å². The molecular formula is C12H23N. The highest BCUT2D eigenvalue weighted by atomic mass is 15.1. The van der Waals surface area contributed by atoms with Crippen molar-refractivity contribution in [1.29, 1.82) is 0 Å². The molecule has 0 fully saturated rings. The zero-order valence-electron chi connectivity index (χ0n) is 9.89. The molecule has 0 saturated heterocycles. The van der Waals surface area contributed by atoms with Gasteiger partial charge in [0.15, 0.2) is 0 Å². The quantitative estimate of drug-likeness (QED) is 0.519. The van der Waals surface area contributed by atoms with Gasteiger partial charge in [-0.3, -0.25) is 4.90 Å². The summed E-state index contributed by atoms with van der Waals surface area (Å²) in [4.78, 5) is 2.42. The molecule has 13 heavy (non-hydrogen) atoms. The summed E-state index contributed by atoms with van der Waals surface area (Å²) in [5.41, 5.74) is 0.659. The van der Waals surface area contributed by atoms with Crippen LogP contribution >= 0.6 is 0 Å². The Morgan fingerprint density at radius 3 is 2.31 bits per heavy atom. The molecule has 1 aliphatic rings. The second kappa shape index (κ2) is 3.13. The van der Waals surface area contributed by atoms with Crippen molar-refractivity contribution >= 4 is 0 Å². The van der Waals surface area contributed by atoms with E-state index in [0.29, 0.717) is 16.9 Å². The highest BCUT2D eigenvalue weighted by Gasteiger charge is 2.38. The number of hydrogen-bond acceptors (Lipinski definition) is 1. The average molecular weight is 181 g/mol. The van der Waals surface area contributed by atoms with E-state index < -0.39 is 0 Å². The summed E-state index contributed by atoms with van der Waals surface area (Å²) in [7, 11) is 2.21. The van der Waals surface area contributed by atoms with E-state index in [1.165, 1.54) is 0 Å². The number of hydrogen-bond donors (Lipinski definition) is 0. The van der Waals surface area contributed by atoms with Gasteiger partial charge >= 0.3 is 0 Å². The Bertz CT molecular complexity index is 212. The summed E-state index contributed by atoms with van der Waals surface area (Å²) >= 11 is 0. The van der Waals surface area contributed by atoms with E-state index in [-0.39, 0.29) is 0 Å². The highest BCUT2D eigenvalue weighted by molar-refractivity contribution is 5.11. The van der Waals surface area contributed by atoms with Crippen molar-refractivity contribution in [2.24, 2.45) is 10.8 Å². The molecular weight excluding hydrogens is 158 g/mol. The van der Waals surface area contributed by atoms with Crippen molar-refractivity contribution in [3.63, 3.8) is 0 Å². The number of nitrogens with zero attached hydrogens (tertiary/aromatic N) is 1. The Hall–Kier alpha value is -0.300. The lowest BCUT2D eigenvalue weighted by Crippen LogP contribution is -2.46. The molecule has 2 atom stereocenters. The summed E-state index contributed by atoms with van der Waals surface area (Å²) in [6.07, 6.45) is 4.73. The summed E-state index contributed by atoms with van der Waals surface area (Å²) in [6, 6.07) is 0.593. The van der Waals surface area contributed by atoms with Gasteiger partial charge in [0.2, 0.25) is 0 Å². The van der Waals surface area contributed by atoms with Crippen molar-refractivity contribution in [1.82, 2.24) is 4.90 Å². The molecule has 1 heteroatoms. The monoisotopic (exact) mass is 181 g/mol. The smallest absolute Gasteiger partial charge is 0.0247 e. The van der Waals surface area contributed by atoms with Gasteiger partial charge < -0.3 is 0 Å². The van der Waals surface area contributed by atoms with Gasteiger partial charge in [0.25, 0.3) is 0 Å². The van der Waals surface area contributed by atoms with E-state index in [1.807, 2.05) is 0 Å². The zero-order chi connectivity index (χ0) is 10.3. The summed E-state index contributed by atoms with van der Waals surface area (Å²) in [5.74, 6) is 0. The van der Waals surface area contributed by atoms with E-state index in [1.54, 1.807) is 0 Å². The van der Waals surface area contributed by atoms with E-state index in [9.17, 15) is 0 Å². The van der Waals surface area contributed by atoms with E-state index in [0.717, 1.165) is 6.54 Å². The minimum absolute atomic E-state index is 0.314. The third-order valence-corrected chi connectivity index (χ3v) is 3.73. The lowest BCUT2D eigenvalue weighted by molar-refractivity contribution is 0.0883. The van der Waals surface area contributed by atoms with E-state index >= 15 is 0 Å². The first-order valence-electron chi connectivity index (χ1n) is 5.16. The minimum atomic E-state index is 0.314. The van der Waals surface area contributed by atoms with Crippen molar-refractivity contribution in [2.45, 2.75) is 40.7 Å². The van der Waals surface area contributed by atoms with Crippen LogP contribution in [0.25, 0.3) is 0 Å². The van der Waals surface area contributed by atoms with Crippen molar-refractivity contribution in [2.75, 3.05) is 13.6 Å². The Morgan fingerprint density at radius 2 is 1.92 bits per heavy atom. The zero-order valence-corrected chi connectivity index (χ0v) is 9.89. The van der Waals surface area contributed by atoms with Crippen LogP contribution in [0.4, 0.5) is 0 Å². The molecule has 2 unspecified atom stereocenters. The van der Waals surface area contributed by atoms with Crippen molar-refractivity contribution < 1.29 is 0 Å². The Balaban J connectivity index is 2.90. The lowest BCUT2D eigenvalue weighted by atomic mass is 9.66. The predicted octanol–water partition coefficient (Wildman–Crippen LogP) is 2.93. The molecule has 0 aromatic carbocycles. The first-order valence-corrected chi connectivity index (χ1v) is 5.16. The normalized spacial score (nSPS) is 36.6. The molecule has 0 aromatic heterocycles. The summed E-state index contributed by atoms with van der Waals surface area (Å²) in [6.45, 7) is 12.7. The molecule has 1 rings (SSSR count). The maximum Gasteiger partial charge on any atom is 0.0247 e. The van der Waals surface area contributed by atoms with Crippen molar-refractivity contribution in [3.05, 3.63) is 12.2 Å². The fourth-order valence-electron chi connectivity index (χ4n) is 1.70. The Kier molecular flexibility index (Phi) is 2.59. The van der Waals surface area contributed by atoms with Crippen LogP contribution in [0.3, 0.4) is 0 Å². The van der Waals surface area contributed by atoms with Crippen LogP contribution in [0.15, 0.2) is 12.2 Å². The number of likely N-dealkylation sites (N-methyl/N-ethyl adjacent to an activating group) is 1. The van der Waals surface area contributed by atoms with Crippen molar-refractivity contribution in [3.8, 4) is 0 Å². The molecule has 1 heterocycles. The molecule has 1 nitrogen and oxygen atoms in total. The van der Waals surface area contributed by atoms with Crippen LogP contribution < -0.4 is 0 Å². The van der Waals surface area contributed by atoms with Crippen LogP contribution in [-0.4, -0.2) is 24.5 Å². The second-order valence-electron chi connectivity index (χ2n) is 5.68. The highest BCUT2D eigenvalue weighted by Crippen LogP contribution is 2.42. The van der Waals surface area contributed by atoms with E-state index in [2.05, 4.69) is 58.7 Å². The Labute approximate surface area is 82.8 Å². The first-order chi connectivity index (χ1) is 5.76. The maximum absolute atomic E-state index is 2.42. The van der Waals surface area contributed by atoms with Gasteiger partial charge in [-0.15, -0.1) is 0 Å². The molecule has 76 valence electrons. The van der Waals surface area contributed by atoms with Gasteiger partial charge in [0.1, 0.15) is 0 Å². The number of rotatable bonds is 0. The Morgan fingerprint density at radius 1 is 1.38 bits per heavy atom. The third kappa shape index (κ3) is 1.96. The van der Waals surface area contributed by atoms with Crippen LogP contribution in [0, 0.1) is 10.8 Å². The van der Waals surface area contributed by atoms with Crippen LogP contribution in [0.2, 0.25) is 0 Å². The van der Waals surface area contributed by atoms with Gasteiger partial charge in [-0.25, -0.2) is 0 Å². The maximum atomic E-state index is 2.42. The van der Waals surface area contributed by atoms with Crippen LogP contribution in [-0.2, 0) is 0 Å². The van der Waals surface area contributed by atoms with Gasteiger partial charge in [0.05, 0.1) is 0 Å². The molecule has 0 aliphatic carbocycles. The topological polar surface area (TPSA) is 3.24 Å². The van der Waals surface area contributed by atoms with Gasteiger partial charge in [-0.1, -0.05) is 39.8 Å². The fourth-order valence-corrected chi connectivity index (χ4v) is 1.70. The molecule has 0 radical (unpaired) electrons. The molecule has 1 aliphatic heterocycles. The van der Waals surface area contributed by atoms with Gasteiger partial charge in [0, 0.05) is 18.0 Å². The summed E-state index contributed by atoms with van der Waals surface area (Å²) < 4.78 is 0. The van der Waals surface area contributed by atoms with Gasteiger partial charge in [-0.2, -0.15) is 0 Å². The third-order valence-electron chi connectivity index (χ3n) is 3.73. The summed E-state index contributed by atoms with van der Waals surface area (Å²) in [5, 5.41) is 0. The molecule has 0 amide bonds. The second-order valence-corrected chi connectivity index (χ2v) is 5.68. The standard InChI is InChI=1S/C12H23N/c1-10-7-8-12(5,9-13(10)6)11(2,3)4/h7-8,10H,9H2,1-6H3. The molecule has 0 spiro atoms. The molecule has 0 bridgehead atoms. The fraction of sp³-hybridized carbons (Fsp3) is 0.833. The minimum Gasteiger partial charge on any atom is -0.299 e. The van der Waals surface area contributed by atoms with Gasteiger partial charge in [-0.05, 0) is 19.4 Å². The lowest BCUT2D eigenvalue weighted by Gasteiger charge is -2.46. The molecule has 0 N–H and O–H groups in total. The largest absolute Gasteiger partial charge is 0.299 e. The average Bonchev–Trinajstić information content (AvgIpc) is 1.95. The SMILES string of the molecule is CC1C=CC(C)(C(C)(C)C)CN1C. The van der Waals surface area contributed by atoms with Crippen LogP contribution in [0.5, 0.6) is 0 Å². The molecule has 0 saturated carbocycles. The first kappa shape index (κ1) is 10.8. The predicted molar refractivity (Wildman–Crippen MR) is 58.8 cm³/mol. The molecule has 0 aromatic rings.